The Morgan fingerprint density at radius 3 is 2.25 bits per heavy atom. The number of piperidine rings is 1. The van der Waals surface area contributed by atoms with Crippen LogP contribution < -0.4 is 5.73 Å². The van der Waals surface area contributed by atoms with Crippen LogP contribution in [0.15, 0.2) is 0 Å². The van der Waals surface area contributed by atoms with Crippen molar-refractivity contribution in [1.82, 2.24) is 9.80 Å². The third kappa shape index (κ3) is 7.11. The second kappa shape index (κ2) is 10.7. The Kier molecular flexibility index (Phi) is 11.9. The van der Waals surface area contributed by atoms with E-state index >= 15 is 0 Å². The lowest BCUT2D eigenvalue weighted by molar-refractivity contribution is -0.135. The van der Waals surface area contributed by atoms with Gasteiger partial charge < -0.3 is 15.5 Å². The van der Waals surface area contributed by atoms with Gasteiger partial charge in [0, 0.05) is 25.6 Å². The van der Waals surface area contributed by atoms with Crippen molar-refractivity contribution in [2.75, 3.05) is 33.7 Å². The average molecular weight is 328 g/mol. The van der Waals surface area contributed by atoms with Gasteiger partial charge in [-0.05, 0) is 45.3 Å². The standard InChI is InChI=1S/C14H29N3O.2ClH/c1-11(2)13(15)7-10-17(4)14(18)12-5-8-16(3)9-6-12;;/h11-13H,5-10,15H2,1-4H3;2*1H. The predicted octanol–water partition coefficient (Wildman–Crippen LogP) is 2.00. The zero-order valence-corrected chi connectivity index (χ0v) is 14.8. The minimum atomic E-state index is 0. The monoisotopic (exact) mass is 327 g/mol. The van der Waals surface area contributed by atoms with Crippen LogP contribution in [-0.2, 0) is 4.79 Å². The largest absolute Gasteiger partial charge is 0.345 e. The number of nitrogens with two attached hydrogens (primary N) is 1. The van der Waals surface area contributed by atoms with Gasteiger partial charge in [-0.3, -0.25) is 4.79 Å². The molecule has 6 heteroatoms. The Morgan fingerprint density at radius 1 is 1.30 bits per heavy atom. The molecule has 0 aromatic heterocycles. The molecule has 1 unspecified atom stereocenters. The molecule has 1 aliphatic rings. The summed E-state index contributed by atoms with van der Waals surface area (Å²) in [5, 5.41) is 0. The highest BCUT2D eigenvalue weighted by atomic mass is 35.5. The van der Waals surface area contributed by atoms with Crippen molar-refractivity contribution >= 4 is 30.7 Å². The molecule has 1 heterocycles. The fourth-order valence-electron chi connectivity index (χ4n) is 2.35. The van der Waals surface area contributed by atoms with E-state index in [1.54, 1.807) is 0 Å². The highest BCUT2D eigenvalue weighted by Gasteiger charge is 2.25. The lowest BCUT2D eigenvalue weighted by Crippen LogP contribution is -2.41. The van der Waals surface area contributed by atoms with Gasteiger partial charge in [0.1, 0.15) is 0 Å². The van der Waals surface area contributed by atoms with Gasteiger partial charge >= 0.3 is 0 Å². The van der Waals surface area contributed by atoms with E-state index in [9.17, 15) is 4.79 Å². The van der Waals surface area contributed by atoms with E-state index in [4.69, 9.17) is 5.73 Å². The van der Waals surface area contributed by atoms with Crippen molar-refractivity contribution in [3.8, 4) is 0 Å². The zero-order chi connectivity index (χ0) is 13.7. The summed E-state index contributed by atoms with van der Waals surface area (Å²) in [5.41, 5.74) is 6.02. The predicted molar refractivity (Wildman–Crippen MR) is 89.8 cm³/mol. The van der Waals surface area contributed by atoms with Crippen LogP contribution in [0, 0.1) is 11.8 Å². The summed E-state index contributed by atoms with van der Waals surface area (Å²) in [6.45, 7) is 7.11. The van der Waals surface area contributed by atoms with Crippen molar-refractivity contribution < 1.29 is 4.79 Å². The molecule has 0 spiro atoms. The first-order valence-electron chi connectivity index (χ1n) is 7.11. The summed E-state index contributed by atoms with van der Waals surface area (Å²) in [6, 6.07) is 0.192. The second-order valence-corrected chi connectivity index (χ2v) is 6.03. The minimum Gasteiger partial charge on any atom is -0.345 e. The average Bonchev–Trinajstić information content (AvgIpc) is 2.35. The van der Waals surface area contributed by atoms with Crippen LogP contribution in [0.25, 0.3) is 0 Å². The van der Waals surface area contributed by atoms with Crippen LogP contribution in [0.5, 0.6) is 0 Å². The van der Waals surface area contributed by atoms with Gasteiger partial charge in [0.05, 0.1) is 0 Å². The number of likely N-dealkylation sites (tertiary alicyclic amines) is 1. The second-order valence-electron chi connectivity index (χ2n) is 6.03. The van der Waals surface area contributed by atoms with E-state index in [1.807, 2.05) is 11.9 Å². The Bertz CT molecular complexity index is 269. The molecule has 0 radical (unpaired) electrons. The maximum atomic E-state index is 12.3. The maximum Gasteiger partial charge on any atom is 0.225 e. The van der Waals surface area contributed by atoms with Gasteiger partial charge in [-0.25, -0.2) is 0 Å². The van der Waals surface area contributed by atoms with Crippen molar-refractivity contribution in [2.24, 2.45) is 17.6 Å². The Labute approximate surface area is 136 Å². The lowest BCUT2D eigenvalue weighted by Gasteiger charge is -2.31. The van der Waals surface area contributed by atoms with Gasteiger partial charge in [-0.2, -0.15) is 0 Å². The van der Waals surface area contributed by atoms with E-state index in [-0.39, 0.29) is 36.8 Å². The number of halogens is 2. The normalized spacial score (nSPS) is 18.1. The topological polar surface area (TPSA) is 49.6 Å². The molecule has 1 fully saturated rings. The smallest absolute Gasteiger partial charge is 0.225 e. The van der Waals surface area contributed by atoms with Crippen LogP contribution in [0.2, 0.25) is 0 Å². The molecule has 0 aliphatic carbocycles. The quantitative estimate of drug-likeness (QED) is 0.840. The fraction of sp³-hybridized carbons (Fsp3) is 0.929. The first-order valence-corrected chi connectivity index (χ1v) is 7.11. The van der Waals surface area contributed by atoms with E-state index < -0.39 is 0 Å². The van der Waals surface area contributed by atoms with Gasteiger partial charge in [-0.1, -0.05) is 13.8 Å². The van der Waals surface area contributed by atoms with Crippen LogP contribution in [0.1, 0.15) is 33.1 Å². The van der Waals surface area contributed by atoms with Crippen molar-refractivity contribution in [1.29, 1.82) is 0 Å². The summed E-state index contributed by atoms with van der Waals surface area (Å²) in [6.07, 6.45) is 2.89. The maximum absolute atomic E-state index is 12.3. The summed E-state index contributed by atoms with van der Waals surface area (Å²) >= 11 is 0. The minimum absolute atomic E-state index is 0. The molecule has 0 bridgehead atoms. The van der Waals surface area contributed by atoms with Gasteiger partial charge in [0.2, 0.25) is 5.91 Å². The number of carbonyl (C=O) groups is 1. The number of carbonyl (C=O) groups excluding carboxylic acids is 1. The summed E-state index contributed by atoms with van der Waals surface area (Å²) < 4.78 is 0. The first kappa shape index (κ1) is 22.3. The van der Waals surface area contributed by atoms with E-state index in [1.165, 1.54) is 0 Å². The number of nitrogens with zero attached hydrogens (tertiary/aromatic N) is 2. The number of rotatable bonds is 5. The van der Waals surface area contributed by atoms with Crippen LogP contribution in [-0.4, -0.2) is 55.5 Å². The highest BCUT2D eigenvalue weighted by molar-refractivity contribution is 5.85. The van der Waals surface area contributed by atoms with Gasteiger partial charge in [0.15, 0.2) is 0 Å². The van der Waals surface area contributed by atoms with Gasteiger partial charge in [0.25, 0.3) is 0 Å². The number of hydrogen-bond acceptors (Lipinski definition) is 3. The molecule has 2 N–H and O–H groups in total. The molecule has 1 saturated heterocycles. The third-order valence-electron chi connectivity index (χ3n) is 4.10. The SMILES string of the molecule is CC(C)C(N)CCN(C)C(=O)C1CCN(C)CC1.Cl.Cl. The van der Waals surface area contributed by atoms with Crippen molar-refractivity contribution in [3.05, 3.63) is 0 Å². The molecule has 0 saturated carbocycles. The zero-order valence-electron chi connectivity index (χ0n) is 13.2. The molecular weight excluding hydrogens is 297 g/mol. The van der Waals surface area contributed by atoms with Crippen LogP contribution in [0.3, 0.4) is 0 Å². The Balaban J connectivity index is 0. The molecule has 1 amide bonds. The number of amides is 1. The first-order chi connectivity index (χ1) is 8.41. The molecule has 0 aromatic rings. The summed E-state index contributed by atoms with van der Waals surface area (Å²) in [4.78, 5) is 16.4. The molecular formula is C14H31Cl2N3O. The lowest BCUT2D eigenvalue weighted by atomic mass is 9.95. The molecule has 1 aliphatic heterocycles. The van der Waals surface area contributed by atoms with Crippen LogP contribution >= 0.6 is 24.8 Å². The van der Waals surface area contributed by atoms with E-state index in [0.29, 0.717) is 11.8 Å². The Hall–Kier alpha value is -0.0300. The molecule has 0 aromatic carbocycles. The van der Waals surface area contributed by atoms with Crippen molar-refractivity contribution in [2.45, 2.75) is 39.2 Å². The molecule has 1 rings (SSSR count). The summed E-state index contributed by atoms with van der Waals surface area (Å²) in [5.74, 6) is 1.01. The third-order valence-corrected chi connectivity index (χ3v) is 4.10. The Morgan fingerprint density at radius 2 is 1.80 bits per heavy atom. The summed E-state index contributed by atoms with van der Waals surface area (Å²) in [7, 11) is 4.03. The highest BCUT2D eigenvalue weighted by Crippen LogP contribution is 2.18. The molecule has 20 heavy (non-hydrogen) atoms. The number of hydrogen-bond donors (Lipinski definition) is 1. The molecule has 1 atom stereocenters. The van der Waals surface area contributed by atoms with Crippen LogP contribution in [0.4, 0.5) is 0 Å². The van der Waals surface area contributed by atoms with Crippen molar-refractivity contribution in [3.63, 3.8) is 0 Å². The fourth-order valence-corrected chi connectivity index (χ4v) is 2.35. The molecule has 4 nitrogen and oxygen atoms in total. The van der Waals surface area contributed by atoms with E-state index in [2.05, 4.69) is 25.8 Å². The molecule has 122 valence electrons. The van der Waals surface area contributed by atoms with Gasteiger partial charge in [-0.15, -0.1) is 24.8 Å². The van der Waals surface area contributed by atoms with E-state index in [0.717, 1.165) is 38.9 Å².